The van der Waals surface area contributed by atoms with E-state index >= 15 is 0 Å². The Labute approximate surface area is 183 Å². The molecule has 0 radical (unpaired) electrons. The highest BCUT2D eigenvalue weighted by Gasteiger charge is 2.27. The second kappa shape index (κ2) is 8.65. The van der Waals surface area contributed by atoms with Gasteiger partial charge in [0.25, 0.3) is 0 Å². The smallest absolute Gasteiger partial charge is 0.410 e. The van der Waals surface area contributed by atoms with Gasteiger partial charge in [0.15, 0.2) is 0 Å². The number of carbonyl (C=O) groups is 2. The molecule has 7 nitrogen and oxygen atoms in total. The van der Waals surface area contributed by atoms with Crippen LogP contribution >= 0.6 is 0 Å². The van der Waals surface area contributed by atoms with Crippen molar-refractivity contribution in [2.45, 2.75) is 47.1 Å². The summed E-state index contributed by atoms with van der Waals surface area (Å²) in [5.41, 5.74) is 3.92. The van der Waals surface area contributed by atoms with Crippen molar-refractivity contribution in [2.24, 2.45) is 0 Å². The lowest BCUT2D eigenvalue weighted by Gasteiger charge is -2.35. The molecule has 2 heterocycles. The molecule has 0 N–H and O–H groups in total. The quantitative estimate of drug-likeness (QED) is 0.671. The van der Waals surface area contributed by atoms with Gasteiger partial charge in [0.2, 0.25) is 5.91 Å². The Balaban J connectivity index is 1.75. The first kappa shape index (κ1) is 22.7. The molecule has 2 amide bonds. The Hall–Kier alpha value is -2.96. The fraction of sp³-hybridized carbons (Fsp3) is 0.500. The predicted molar refractivity (Wildman–Crippen MR) is 120 cm³/mol. The Morgan fingerprint density at radius 2 is 1.71 bits per heavy atom. The van der Waals surface area contributed by atoms with Gasteiger partial charge in [-0.25, -0.2) is 4.79 Å². The van der Waals surface area contributed by atoms with Gasteiger partial charge >= 0.3 is 6.09 Å². The lowest BCUT2D eigenvalue weighted by molar-refractivity contribution is -0.127. The van der Waals surface area contributed by atoms with Crippen molar-refractivity contribution in [3.63, 3.8) is 0 Å². The van der Waals surface area contributed by atoms with Crippen molar-refractivity contribution in [2.75, 3.05) is 33.3 Å². The van der Waals surface area contributed by atoms with E-state index in [2.05, 4.69) is 0 Å². The molecule has 1 aliphatic heterocycles. The second-order valence-electron chi connectivity index (χ2n) is 9.00. The number of carbonyl (C=O) groups excluding carboxylic acids is 2. The molecule has 0 spiro atoms. The van der Waals surface area contributed by atoms with E-state index in [4.69, 9.17) is 13.9 Å². The summed E-state index contributed by atoms with van der Waals surface area (Å²) in [5.74, 6) is 0.628. The molecule has 0 atom stereocenters. The van der Waals surface area contributed by atoms with Crippen molar-refractivity contribution < 1.29 is 23.5 Å². The van der Waals surface area contributed by atoms with E-state index < -0.39 is 5.60 Å². The van der Waals surface area contributed by atoms with Crippen molar-refractivity contribution in [3.05, 3.63) is 35.1 Å². The first-order valence-electron chi connectivity index (χ1n) is 10.5. The van der Waals surface area contributed by atoms with Crippen LogP contribution in [0, 0.1) is 13.8 Å². The summed E-state index contributed by atoms with van der Waals surface area (Å²) in [4.78, 5) is 28.5. The summed E-state index contributed by atoms with van der Waals surface area (Å²) < 4.78 is 16.7. The van der Waals surface area contributed by atoms with E-state index in [0.29, 0.717) is 31.9 Å². The second-order valence-corrected chi connectivity index (χ2v) is 9.00. The number of piperazine rings is 1. The van der Waals surface area contributed by atoms with Gasteiger partial charge in [-0.1, -0.05) is 0 Å². The number of benzene rings is 1. The van der Waals surface area contributed by atoms with Crippen LogP contribution in [0.5, 0.6) is 5.75 Å². The third-order valence-corrected chi connectivity index (χ3v) is 5.45. The topological polar surface area (TPSA) is 72.2 Å². The van der Waals surface area contributed by atoms with Crippen molar-refractivity contribution in [1.29, 1.82) is 0 Å². The molecule has 0 saturated carbocycles. The zero-order valence-electron chi connectivity index (χ0n) is 19.5. The maximum absolute atomic E-state index is 12.9. The fourth-order valence-corrected chi connectivity index (χ4v) is 3.78. The molecule has 1 aromatic carbocycles. The number of rotatable bonds is 3. The Morgan fingerprint density at radius 3 is 2.29 bits per heavy atom. The number of hydrogen-bond acceptors (Lipinski definition) is 5. The molecule has 1 fully saturated rings. The Kier molecular flexibility index (Phi) is 6.34. The number of nitrogens with zero attached hydrogens (tertiary/aromatic N) is 2. The molecule has 0 bridgehead atoms. The van der Waals surface area contributed by atoms with Crippen molar-refractivity contribution in [1.82, 2.24) is 9.80 Å². The molecule has 1 aromatic heterocycles. The highest BCUT2D eigenvalue weighted by Crippen LogP contribution is 2.37. The zero-order valence-corrected chi connectivity index (χ0v) is 19.5. The van der Waals surface area contributed by atoms with E-state index in [0.717, 1.165) is 33.2 Å². The lowest BCUT2D eigenvalue weighted by Crippen LogP contribution is -2.51. The van der Waals surface area contributed by atoms with Gasteiger partial charge in [0, 0.05) is 48.8 Å². The number of allylic oxidation sites excluding steroid dienone is 1. The summed E-state index contributed by atoms with van der Waals surface area (Å²) in [6.45, 7) is 13.2. The van der Waals surface area contributed by atoms with Crippen LogP contribution in [-0.4, -0.2) is 60.7 Å². The summed E-state index contributed by atoms with van der Waals surface area (Å²) >= 11 is 0. The molecular formula is C24H32N2O5. The van der Waals surface area contributed by atoms with E-state index in [1.54, 1.807) is 29.2 Å². The van der Waals surface area contributed by atoms with Gasteiger partial charge in [0.1, 0.15) is 16.9 Å². The summed E-state index contributed by atoms with van der Waals surface area (Å²) in [6, 6.07) is 2.01. The minimum atomic E-state index is -0.532. The molecule has 3 rings (SSSR count). The van der Waals surface area contributed by atoms with Gasteiger partial charge in [-0.2, -0.15) is 0 Å². The first-order valence-corrected chi connectivity index (χ1v) is 10.5. The van der Waals surface area contributed by atoms with Gasteiger partial charge in [0.05, 0.1) is 13.4 Å². The van der Waals surface area contributed by atoms with Gasteiger partial charge in [-0.3, -0.25) is 4.79 Å². The number of furan rings is 1. The van der Waals surface area contributed by atoms with Gasteiger partial charge in [-0.15, -0.1) is 0 Å². The summed E-state index contributed by atoms with van der Waals surface area (Å²) in [5, 5.41) is 1.01. The van der Waals surface area contributed by atoms with Crippen molar-refractivity contribution >= 4 is 28.5 Å². The van der Waals surface area contributed by atoms with Crippen LogP contribution in [0.25, 0.3) is 16.5 Å². The van der Waals surface area contributed by atoms with E-state index in [9.17, 15) is 9.59 Å². The Morgan fingerprint density at radius 1 is 1.10 bits per heavy atom. The third-order valence-electron chi connectivity index (χ3n) is 5.45. The minimum absolute atomic E-state index is 0.0787. The van der Waals surface area contributed by atoms with Crippen LogP contribution in [0.2, 0.25) is 0 Å². The Bertz CT molecular complexity index is 1020. The van der Waals surface area contributed by atoms with Crippen LogP contribution in [0.3, 0.4) is 0 Å². The zero-order chi connectivity index (χ0) is 22.9. The molecule has 0 aliphatic carbocycles. The monoisotopic (exact) mass is 428 g/mol. The number of methoxy groups -OCH3 is 1. The largest absolute Gasteiger partial charge is 0.496 e. The van der Waals surface area contributed by atoms with Crippen LogP contribution < -0.4 is 4.74 Å². The average Bonchev–Trinajstić information content (AvgIpc) is 3.07. The van der Waals surface area contributed by atoms with Crippen LogP contribution in [-0.2, 0) is 9.53 Å². The number of hydrogen-bond donors (Lipinski definition) is 0. The van der Waals surface area contributed by atoms with E-state index in [1.807, 2.05) is 47.6 Å². The van der Waals surface area contributed by atoms with Crippen LogP contribution in [0.1, 0.15) is 44.4 Å². The molecule has 31 heavy (non-hydrogen) atoms. The third kappa shape index (κ3) is 4.86. The maximum atomic E-state index is 12.9. The highest BCUT2D eigenvalue weighted by molar-refractivity contribution is 5.98. The number of ether oxygens (including phenoxy) is 2. The van der Waals surface area contributed by atoms with E-state index in [1.165, 1.54) is 0 Å². The van der Waals surface area contributed by atoms with Crippen molar-refractivity contribution in [3.8, 4) is 5.75 Å². The molecule has 168 valence electrons. The standard InChI is InChI=1S/C24H32N2O5/c1-15(18-13-19-16(2)14-30-22(19)17(3)21(18)29-7)12-20(27)25-8-10-26(11-9-25)23(28)31-24(4,5)6/h12-14H,8-11H2,1-7H3/b15-12+. The highest BCUT2D eigenvalue weighted by atomic mass is 16.6. The van der Waals surface area contributed by atoms with Crippen LogP contribution in [0.4, 0.5) is 4.79 Å². The summed E-state index contributed by atoms with van der Waals surface area (Å²) in [6.07, 6.45) is 3.03. The normalized spacial score (nSPS) is 15.4. The van der Waals surface area contributed by atoms with E-state index in [-0.39, 0.29) is 12.0 Å². The average molecular weight is 429 g/mol. The fourth-order valence-electron chi connectivity index (χ4n) is 3.78. The molecule has 0 unspecified atom stereocenters. The predicted octanol–water partition coefficient (Wildman–Crippen LogP) is 4.54. The SMILES string of the molecule is COc1c(/C(C)=C/C(=O)N2CCN(C(=O)OC(C)(C)C)CC2)cc2c(C)coc2c1C. The maximum Gasteiger partial charge on any atom is 0.410 e. The number of amides is 2. The molecule has 1 saturated heterocycles. The number of aryl methyl sites for hydroxylation is 2. The molecular weight excluding hydrogens is 396 g/mol. The van der Waals surface area contributed by atoms with Gasteiger partial charge in [-0.05, 0) is 58.7 Å². The first-order chi connectivity index (χ1) is 14.5. The van der Waals surface area contributed by atoms with Gasteiger partial charge < -0.3 is 23.7 Å². The molecule has 2 aromatic rings. The minimum Gasteiger partial charge on any atom is -0.496 e. The molecule has 7 heteroatoms. The lowest BCUT2D eigenvalue weighted by atomic mass is 9.98. The number of fused-ring (bicyclic) bond motifs is 1. The molecule has 1 aliphatic rings. The van der Waals surface area contributed by atoms with Crippen LogP contribution in [0.15, 0.2) is 22.8 Å². The summed E-state index contributed by atoms with van der Waals surface area (Å²) in [7, 11) is 1.62.